The van der Waals surface area contributed by atoms with Crippen LogP contribution in [0.15, 0.2) is 29.5 Å². The molecule has 2 N–H and O–H groups in total. The summed E-state index contributed by atoms with van der Waals surface area (Å²) in [5.74, 6) is 0.857. The zero-order valence-electron chi connectivity index (χ0n) is 13.1. The number of hydrazone groups is 1. The van der Waals surface area contributed by atoms with E-state index in [0.29, 0.717) is 0 Å². The van der Waals surface area contributed by atoms with Gasteiger partial charge in [-0.2, -0.15) is 5.10 Å². The van der Waals surface area contributed by atoms with Gasteiger partial charge >= 0.3 is 0 Å². The molecule has 1 aromatic heterocycles. The molecule has 22 heavy (non-hydrogen) atoms. The summed E-state index contributed by atoms with van der Waals surface area (Å²) in [6.45, 7) is 8.46. The lowest BCUT2D eigenvalue weighted by atomic mass is 10.1. The van der Waals surface area contributed by atoms with Crippen LogP contribution in [-0.4, -0.2) is 26.7 Å². The van der Waals surface area contributed by atoms with E-state index in [9.17, 15) is 0 Å². The first-order valence-corrected chi connectivity index (χ1v) is 8.26. The van der Waals surface area contributed by atoms with Gasteiger partial charge in [0.2, 0.25) is 0 Å². The predicted molar refractivity (Wildman–Crippen MR) is 95.5 cm³/mol. The van der Waals surface area contributed by atoms with Crippen molar-refractivity contribution in [2.75, 3.05) is 0 Å². The summed E-state index contributed by atoms with van der Waals surface area (Å²) in [5, 5.41) is 10.9. The second-order valence-electron chi connectivity index (χ2n) is 5.60. The molecule has 7 heteroatoms. The summed E-state index contributed by atoms with van der Waals surface area (Å²) in [7, 11) is 0. The maximum absolute atomic E-state index is 4.57. The van der Waals surface area contributed by atoms with E-state index < -0.39 is 0 Å². The Labute approximate surface area is 143 Å². The Bertz CT molecular complexity index is 734. The predicted octanol–water partition coefficient (Wildman–Crippen LogP) is 2.49. The largest absolute Gasteiger partial charge is 0.268 e. The van der Waals surface area contributed by atoms with Crippen molar-refractivity contribution in [1.82, 2.24) is 25.9 Å². The number of aromatic nitrogens is 2. The first kappa shape index (κ1) is 15.3. The topological polar surface area (TPSA) is 57.5 Å². The fourth-order valence-electron chi connectivity index (χ4n) is 2.42. The van der Waals surface area contributed by atoms with Crippen LogP contribution < -0.4 is 11.1 Å². The number of halogens is 1. The first-order chi connectivity index (χ1) is 10.5. The minimum absolute atomic E-state index is 0.286. The highest BCUT2D eigenvalue weighted by Crippen LogP contribution is 2.23. The summed E-state index contributed by atoms with van der Waals surface area (Å²) in [6.07, 6.45) is 1.87. The Morgan fingerprint density at radius 2 is 2.00 bits per heavy atom. The first-order valence-electron chi connectivity index (χ1n) is 7.18. The summed E-state index contributed by atoms with van der Waals surface area (Å²) in [4.78, 5) is 0. The van der Waals surface area contributed by atoms with Crippen LogP contribution in [-0.2, 0) is 0 Å². The highest BCUT2D eigenvalue weighted by atomic mass is 127. The molecule has 0 bridgehead atoms. The molecule has 0 radical (unpaired) electrons. The molecule has 0 saturated carbocycles. The minimum Gasteiger partial charge on any atom is -0.268 e. The molecule has 116 valence electrons. The molecule has 0 saturated heterocycles. The van der Waals surface area contributed by atoms with E-state index in [-0.39, 0.29) is 6.04 Å². The fourth-order valence-corrected chi connectivity index (χ4v) is 3.18. The Kier molecular flexibility index (Phi) is 4.09. The molecule has 3 rings (SSSR count). The average molecular weight is 410 g/mol. The maximum atomic E-state index is 4.57. The molecule has 0 spiro atoms. The van der Waals surface area contributed by atoms with Crippen molar-refractivity contribution in [2.24, 2.45) is 5.10 Å². The Morgan fingerprint density at radius 3 is 2.73 bits per heavy atom. The van der Waals surface area contributed by atoms with E-state index in [2.05, 4.69) is 89.8 Å². The average Bonchev–Trinajstić information content (AvgIpc) is 3.08. The normalized spacial score (nSPS) is 14.5. The molecule has 1 aliphatic rings. The van der Waals surface area contributed by atoms with Gasteiger partial charge < -0.3 is 0 Å². The van der Waals surface area contributed by atoms with Gasteiger partial charge in [-0.25, -0.2) is 10.2 Å². The number of hydrogen-bond acceptors (Lipinski definition) is 5. The molecule has 2 heterocycles. The van der Waals surface area contributed by atoms with E-state index in [4.69, 9.17) is 0 Å². The summed E-state index contributed by atoms with van der Waals surface area (Å²) in [6, 6.07) is 6.56. The third-order valence-corrected chi connectivity index (χ3v) is 4.87. The molecular weight excluding hydrogens is 391 g/mol. The molecule has 6 nitrogen and oxygen atoms in total. The second-order valence-corrected chi connectivity index (χ2v) is 6.62. The Balaban J connectivity index is 2.05. The van der Waals surface area contributed by atoms with Crippen molar-refractivity contribution in [3.63, 3.8) is 0 Å². The standard InChI is InChI=1S/C15H19IN6/c1-9(2)21-15(18-19-20-21)12-8-17-22(14(12)16)13-7-5-6-10(3)11(13)4/h5-9,19-20H,1-4H3. The smallest absolute Gasteiger partial charge is 0.177 e. The van der Waals surface area contributed by atoms with Crippen LogP contribution in [0, 0.1) is 17.5 Å². The molecule has 1 aliphatic heterocycles. The van der Waals surface area contributed by atoms with Crippen LogP contribution >= 0.6 is 22.6 Å². The number of rotatable bonds is 3. The van der Waals surface area contributed by atoms with Crippen LogP contribution in [0.1, 0.15) is 30.5 Å². The zero-order valence-corrected chi connectivity index (χ0v) is 15.2. The third-order valence-electron chi connectivity index (χ3n) is 3.83. The molecule has 1 aromatic carbocycles. The quantitative estimate of drug-likeness (QED) is 0.764. The molecular formula is C15H19IN6. The molecule has 0 atom stereocenters. The lowest BCUT2D eigenvalue weighted by molar-refractivity contribution is 0.246. The Hall–Kier alpha value is -1.61. The lowest BCUT2D eigenvalue weighted by Gasteiger charge is -2.22. The number of hydrogen-bond donors (Lipinski definition) is 2. The molecule has 0 fully saturated rings. The van der Waals surface area contributed by atoms with E-state index in [1.807, 2.05) is 15.9 Å². The van der Waals surface area contributed by atoms with Crippen molar-refractivity contribution < 1.29 is 0 Å². The molecule has 0 amide bonds. The number of nitrogens with one attached hydrogen (secondary N) is 2. The monoisotopic (exact) mass is 410 g/mol. The third kappa shape index (κ3) is 2.48. The highest BCUT2D eigenvalue weighted by Gasteiger charge is 2.26. The van der Waals surface area contributed by atoms with Crippen molar-refractivity contribution in [1.29, 1.82) is 0 Å². The van der Waals surface area contributed by atoms with Gasteiger partial charge in [0.1, 0.15) is 3.70 Å². The maximum Gasteiger partial charge on any atom is 0.177 e. The van der Waals surface area contributed by atoms with E-state index in [0.717, 1.165) is 20.8 Å². The molecule has 2 aromatic rings. The highest BCUT2D eigenvalue weighted by molar-refractivity contribution is 14.1. The summed E-state index contributed by atoms with van der Waals surface area (Å²) < 4.78 is 3.01. The van der Waals surface area contributed by atoms with Gasteiger partial charge in [-0.15, -0.1) is 10.6 Å². The van der Waals surface area contributed by atoms with E-state index in [1.54, 1.807) is 0 Å². The van der Waals surface area contributed by atoms with Gasteiger partial charge in [0.15, 0.2) is 5.84 Å². The van der Waals surface area contributed by atoms with Crippen molar-refractivity contribution >= 4 is 28.4 Å². The van der Waals surface area contributed by atoms with Crippen LogP contribution in [0.3, 0.4) is 0 Å². The van der Waals surface area contributed by atoms with Crippen molar-refractivity contribution in [2.45, 2.75) is 33.7 Å². The van der Waals surface area contributed by atoms with Gasteiger partial charge in [-0.1, -0.05) is 12.1 Å². The molecule has 0 aliphatic carbocycles. The summed E-state index contributed by atoms with van der Waals surface area (Å²) in [5.41, 5.74) is 10.5. The van der Waals surface area contributed by atoms with Crippen LogP contribution in [0.25, 0.3) is 5.69 Å². The van der Waals surface area contributed by atoms with E-state index >= 15 is 0 Å². The van der Waals surface area contributed by atoms with Crippen LogP contribution in [0.5, 0.6) is 0 Å². The zero-order chi connectivity index (χ0) is 15.9. The van der Waals surface area contributed by atoms with Gasteiger partial charge in [-0.3, -0.25) is 5.01 Å². The van der Waals surface area contributed by atoms with Gasteiger partial charge in [0.25, 0.3) is 0 Å². The lowest BCUT2D eigenvalue weighted by Crippen LogP contribution is -2.45. The minimum atomic E-state index is 0.286. The van der Waals surface area contributed by atoms with E-state index in [1.165, 1.54) is 11.1 Å². The SMILES string of the molecule is Cc1cccc(-n2ncc(C3=NNNN3C(C)C)c2I)c1C. The second kappa shape index (κ2) is 5.88. The number of aryl methyl sites for hydroxylation is 1. The Morgan fingerprint density at radius 1 is 1.23 bits per heavy atom. The number of nitrogens with zero attached hydrogens (tertiary/aromatic N) is 4. The van der Waals surface area contributed by atoms with Gasteiger partial charge in [-0.05, 0) is 67.5 Å². The number of hydrazine groups is 2. The molecule has 0 unspecified atom stereocenters. The van der Waals surface area contributed by atoms with Gasteiger partial charge in [0, 0.05) is 6.04 Å². The van der Waals surface area contributed by atoms with Crippen molar-refractivity contribution in [3.8, 4) is 5.69 Å². The summed E-state index contributed by atoms with van der Waals surface area (Å²) >= 11 is 2.33. The number of benzene rings is 1. The number of amidine groups is 1. The van der Waals surface area contributed by atoms with Gasteiger partial charge in [0.05, 0.1) is 17.4 Å². The van der Waals surface area contributed by atoms with Crippen LogP contribution in [0.4, 0.5) is 0 Å². The fraction of sp³-hybridized carbons (Fsp3) is 0.333. The van der Waals surface area contributed by atoms with Crippen molar-refractivity contribution in [3.05, 3.63) is 44.8 Å². The van der Waals surface area contributed by atoms with Crippen LogP contribution in [0.2, 0.25) is 0 Å².